The number of alkyl halides is 1. The fraction of sp³-hybridized carbons (Fsp3) is 0.300. The molecule has 0 aliphatic heterocycles. The number of hydrogen-bond acceptors (Lipinski definition) is 4. The summed E-state index contributed by atoms with van der Waals surface area (Å²) in [5, 5.41) is 10.6. The minimum atomic E-state index is -0.596. The van der Waals surface area contributed by atoms with Crippen molar-refractivity contribution in [2.45, 2.75) is 6.92 Å². The van der Waals surface area contributed by atoms with Gasteiger partial charge in [-0.05, 0) is 13.0 Å². The number of halogens is 1. The van der Waals surface area contributed by atoms with E-state index in [-0.39, 0.29) is 23.7 Å². The highest BCUT2D eigenvalue weighted by atomic mass is 35.5. The molecule has 0 saturated heterocycles. The van der Waals surface area contributed by atoms with Crippen molar-refractivity contribution in [1.82, 2.24) is 0 Å². The van der Waals surface area contributed by atoms with E-state index in [1.54, 1.807) is 0 Å². The van der Waals surface area contributed by atoms with Gasteiger partial charge in [-0.15, -0.1) is 11.6 Å². The van der Waals surface area contributed by atoms with Gasteiger partial charge in [0.25, 0.3) is 5.69 Å². The molecule has 0 N–H and O–H groups in total. The van der Waals surface area contributed by atoms with Gasteiger partial charge in [-0.3, -0.25) is 10.1 Å². The van der Waals surface area contributed by atoms with E-state index in [0.717, 1.165) is 0 Å². The molecule has 0 unspecified atom stereocenters. The number of carbonyl (C=O) groups is 1. The van der Waals surface area contributed by atoms with E-state index < -0.39 is 10.9 Å². The van der Waals surface area contributed by atoms with Crippen molar-refractivity contribution >= 4 is 23.3 Å². The molecule has 1 aromatic rings. The highest BCUT2D eigenvalue weighted by molar-refractivity contribution is 6.18. The Bertz CT molecular complexity index is 419. The molecular weight excluding hydrogens is 234 g/mol. The van der Waals surface area contributed by atoms with Crippen LogP contribution >= 0.6 is 11.6 Å². The Kier molecular flexibility index (Phi) is 4.25. The third kappa shape index (κ3) is 2.70. The molecule has 0 fully saturated rings. The SMILES string of the molecule is Cc1c(C(=O)OCCCl)cccc1[N+](=O)[O-]. The van der Waals surface area contributed by atoms with Crippen molar-refractivity contribution in [2.24, 2.45) is 0 Å². The standard InChI is InChI=1S/C10H10ClNO4/c1-7-8(10(13)16-6-5-11)3-2-4-9(7)12(14)15/h2-4H,5-6H2,1H3. The van der Waals surface area contributed by atoms with Gasteiger partial charge in [-0.25, -0.2) is 4.79 Å². The summed E-state index contributed by atoms with van der Waals surface area (Å²) in [6.45, 7) is 1.60. The molecule has 0 saturated carbocycles. The molecule has 1 aromatic carbocycles. The monoisotopic (exact) mass is 243 g/mol. The van der Waals surface area contributed by atoms with Crippen molar-refractivity contribution < 1.29 is 14.5 Å². The largest absolute Gasteiger partial charge is 0.461 e. The number of nitro groups is 1. The number of esters is 1. The molecule has 86 valence electrons. The molecule has 16 heavy (non-hydrogen) atoms. The van der Waals surface area contributed by atoms with Crippen molar-refractivity contribution in [2.75, 3.05) is 12.5 Å². The summed E-state index contributed by atoms with van der Waals surface area (Å²) >= 11 is 5.37. The van der Waals surface area contributed by atoms with Crippen LogP contribution in [-0.4, -0.2) is 23.4 Å². The molecule has 0 atom stereocenters. The third-order valence-electron chi connectivity index (χ3n) is 2.03. The van der Waals surface area contributed by atoms with Crippen LogP contribution in [0, 0.1) is 17.0 Å². The van der Waals surface area contributed by atoms with E-state index in [1.165, 1.54) is 25.1 Å². The number of carbonyl (C=O) groups excluding carboxylic acids is 1. The van der Waals surface area contributed by atoms with Gasteiger partial charge in [0.05, 0.1) is 16.4 Å². The number of nitrogens with zero attached hydrogens (tertiary/aromatic N) is 1. The molecule has 0 aromatic heterocycles. The fourth-order valence-electron chi connectivity index (χ4n) is 1.25. The first-order valence-electron chi connectivity index (χ1n) is 4.55. The van der Waals surface area contributed by atoms with Crippen LogP contribution in [0.1, 0.15) is 15.9 Å². The van der Waals surface area contributed by atoms with Crippen LogP contribution in [0.4, 0.5) is 5.69 Å². The first-order valence-corrected chi connectivity index (χ1v) is 5.08. The average Bonchev–Trinajstić information content (AvgIpc) is 2.25. The van der Waals surface area contributed by atoms with Gasteiger partial charge in [0.15, 0.2) is 0 Å². The Morgan fingerprint density at radius 3 is 2.81 bits per heavy atom. The summed E-state index contributed by atoms with van der Waals surface area (Å²) in [7, 11) is 0. The minimum Gasteiger partial charge on any atom is -0.461 e. The molecule has 1 rings (SSSR count). The van der Waals surface area contributed by atoms with Crippen LogP contribution in [0.2, 0.25) is 0 Å². The summed E-state index contributed by atoms with van der Waals surface area (Å²) in [4.78, 5) is 21.6. The van der Waals surface area contributed by atoms with Crippen LogP contribution in [0.15, 0.2) is 18.2 Å². The summed E-state index contributed by atoms with van der Waals surface area (Å²) < 4.78 is 4.80. The lowest BCUT2D eigenvalue weighted by Gasteiger charge is -2.05. The van der Waals surface area contributed by atoms with Gasteiger partial charge in [-0.2, -0.15) is 0 Å². The third-order valence-corrected chi connectivity index (χ3v) is 2.19. The number of nitro benzene ring substituents is 1. The predicted molar refractivity (Wildman–Crippen MR) is 58.8 cm³/mol. The lowest BCUT2D eigenvalue weighted by molar-refractivity contribution is -0.385. The van der Waals surface area contributed by atoms with Crippen molar-refractivity contribution in [1.29, 1.82) is 0 Å². The van der Waals surface area contributed by atoms with Crippen molar-refractivity contribution in [3.8, 4) is 0 Å². The lowest BCUT2D eigenvalue weighted by Crippen LogP contribution is -2.09. The van der Waals surface area contributed by atoms with E-state index >= 15 is 0 Å². The Morgan fingerprint density at radius 2 is 2.25 bits per heavy atom. The molecule has 0 heterocycles. The summed E-state index contributed by atoms with van der Waals surface area (Å²) in [5.41, 5.74) is 0.395. The van der Waals surface area contributed by atoms with Gasteiger partial charge in [0.1, 0.15) is 6.61 Å². The van der Waals surface area contributed by atoms with Gasteiger partial charge in [-0.1, -0.05) is 6.07 Å². The quantitative estimate of drug-likeness (QED) is 0.352. The summed E-state index contributed by atoms with van der Waals surface area (Å²) in [6.07, 6.45) is 0. The topological polar surface area (TPSA) is 69.4 Å². The molecule has 0 bridgehead atoms. The maximum absolute atomic E-state index is 11.5. The molecule has 0 amide bonds. The maximum atomic E-state index is 11.5. The predicted octanol–water partition coefficient (Wildman–Crippen LogP) is 2.30. The first kappa shape index (κ1) is 12.4. The minimum absolute atomic E-state index is 0.0858. The second-order valence-electron chi connectivity index (χ2n) is 3.03. The number of ether oxygens (including phenoxy) is 1. The van der Waals surface area contributed by atoms with Crippen molar-refractivity contribution in [3.63, 3.8) is 0 Å². The Labute approximate surface area is 97.1 Å². The molecule has 0 aliphatic carbocycles. The van der Waals surface area contributed by atoms with E-state index in [4.69, 9.17) is 16.3 Å². The fourth-order valence-corrected chi connectivity index (χ4v) is 1.33. The zero-order valence-electron chi connectivity index (χ0n) is 8.60. The number of hydrogen-bond donors (Lipinski definition) is 0. The maximum Gasteiger partial charge on any atom is 0.338 e. The van der Waals surface area contributed by atoms with E-state index in [0.29, 0.717) is 5.56 Å². The van der Waals surface area contributed by atoms with Gasteiger partial charge < -0.3 is 4.74 Å². The van der Waals surface area contributed by atoms with Gasteiger partial charge >= 0.3 is 5.97 Å². The zero-order valence-corrected chi connectivity index (χ0v) is 9.36. The van der Waals surface area contributed by atoms with E-state index in [9.17, 15) is 14.9 Å². The van der Waals surface area contributed by atoms with Crippen LogP contribution in [0.3, 0.4) is 0 Å². The second kappa shape index (κ2) is 5.46. The highest BCUT2D eigenvalue weighted by Gasteiger charge is 2.18. The second-order valence-corrected chi connectivity index (χ2v) is 3.41. The first-order chi connectivity index (χ1) is 7.57. The number of benzene rings is 1. The average molecular weight is 244 g/mol. The number of rotatable bonds is 4. The Hall–Kier alpha value is -1.62. The van der Waals surface area contributed by atoms with Crippen LogP contribution in [-0.2, 0) is 4.74 Å². The van der Waals surface area contributed by atoms with Gasteiger partial charge in [0, 0.05) is 11.6 Å². The van der Waals surface area contributed by atoms with Gasteiger partial charge in [0.2, 0.25) is 0 Å². The molecule has 5 nitrogen and oxygen atoms in total. The zero-order chi connectivity index (χ0) is 12.1. The van der Waals surface area contributed by atoms with Crippen LogP contribution < -0.4 is 0 Å². The summed E-state index contributed by atoms with van der Waals surface area (Å²) in [6, 6.07) is 4.27. The highest BCUT2D eigenvalue weighted by Crippen LogP contribution is 2.21. The van der Waals surface area contributed by atoms with Crippen LogP contribution in [0.5, 0.6) is 0 Å². The normalized spacial score (nSPS) is 9.88. The lowest BCUT2D eigenvalue weighted by atomic mass is 10.1. The van der Waals surface area contributed by atoms with E-state index in [1.807, 2.05) is 0 Å². The van der Waals surface area contributed by atoms with E-state index in [2.05, 4.69) is 0 Å². The van der Waals surface area contributed by atoms with Crippen LogP contribution in [0.25, 0.3) is 0 Å². The molecule has 6 heteroatoms. The Balaban J connectivity index is 3.01. The molecular formula is C10H10ClNO4. The smallest absolute Gasteiger partial charge is 0.338 e. The van der Waals surface area contributed by atoms with Crippen molar-refractivity contribution in [3.05, 3.63) is 39.4 Å². The summed E-state index contributed by atoms with van der Waals surface area (Å²) in [5.74, 6) is -0.401. The Morgan fingerprint density at radius 1 is 1.56 bits per heavy atom. The molecule has 0 aliphatic rings. The molecule has 0 radical (unpaired) electrons. The molecule has 0 spiro atoms.